The third kappa shape index (κ3) is 3.52. The van der Waals surface area contributed by atoms with Crippen molar-refractivity contribution in [3.05, 3.63) is 65.5 Å². The molecule has 28 heavy (non-hydrogen) atoms. The molecule has 146 valence electrons. The molecule has 1 fully saturated rings. The molecule has 2 amide bonds. The maximum Gasteiger partial charge on any atom is 0.253 e. The monoisotopic (exact) mass is 381 g/mol. The van der Waals surface area contributed by atoms with Gasteiger partial charge in [0.2, 0.25) is 5.91 Å². The van der Waals surface area contributed by atoms with Crippen molar-refractivity contribution in [2.45, 2.75) is 19.4 Å². The van der Waals surface area contributed by atoms with Crippen LogP contribution in [0.15, 0.2) is 48.5 Å². The lowest BCUT2D eigenvalue weighted by Crippen LogP contribution is -2.55. The molecule has 4 rings (SSSR count). The number of halogens is 1. The lowest BCUT2D eigenvalue weighted by molar-refractivity contribution is -0.123. The van der Waals surface area contributed by atoms with E-state index in [0.29, 0.717) is 31.7 Å². The molecule has 6 heteroatoms. The first-order valence-electron chi connectivity index (χ1n) is 9.73. The molecule has 2 aromatic carbocycles. The molecule has 0 aliphatic carbocycles. The van der Waals surface area contributed by atoms with Crippen molar-refractivity contribution >= 4 is 17.5 Å². The Morgan fingerprint density at radius 2 is 1.61 bits per heavy atom. The molecule has 2 aliphatic rings. The lowest BCUT2D eigenvalue weighted by atomic mass is 10.1. The number of anilines is 1. The van der Waals surface area contributed by atoms with Crippen molar-refractivity contribution in [3.8, 4) is 0 Å². The van der Waals surface area contributed by atoms with E-state index in [-0.39, 0.29) is 23.7 Å². The molecule has 1 unspecified atom stereocenters. The van der Waals surface area contributed by atoms with Gasteiger partial charge in [0.1, 0.15) is 5.82 Å². The molecular formula is C22H24FN3O2. The first-order valence-corrected chi connectivity index (χ1v) is 9.73. The quantitative estimate of drug-likeness (QED) is 0.821. The second-order valence-electron chi connectivity index (χ2n) is 7.38. The van der Waals surface area contributed by atoms with Gasteiger partial charge < -0.3 is 9.80 Å². The van der Waals surface area contributed by atoms with Gasteiger partial charge >= 0.3 is 0 Å². The summed E-state index contributed by atoms with van der Waals surface area (Å²) in [5, 5.41) is 0. The molecule has 0 bridgehead atoms. The Morgan fingerprint density at radius 3 is 2.32 bits per heavy atom. The zero-order valence-electron chi connectivity index (χ0n) is 16.0. The van der Waals surface area contributed by atoms with Crippen LogP contribution in [0, 0.1) is 5.82 Å². The number of para-hydroxylation sites is 1. The minimum Gasteiger partial charge on any atom is -0.336 e. The smallest absolute Gasteiger partial charge is 0.253 e. The van der Waals surface area contributed by atoms with E-state index in [9.17, 15) is 14.0 Å². The molecule has 0 radical (unpaired) electrons. The van der Waals surface area contributed by atoms with Gasteiger partial charge in [0.05, 0.1) is 6.04 Å². The van der Waals surface area contributed by atoms with Gasteiger partial charge in [-0.1, -0.05) is 18.2 Å². The second kappa shape index (κ2) is 7.72. The Morgan fingerprint density at radius 1 is 0.929 bits per heavy atom. The number of carbonyl (C=O) groups is 2. The minimum absolute atomic E-state index is 0.0906. The summed E-state index contributed by atoms with van der Waals surface area (Å²) < 4.78 is 13.1. The highest BCUT2D eigenvalue weighted by Gasteiger charge is 2.33. The van der Waals surface area contributed by atoms with Crippen molar-refractivity contribution in [1.82, 2.24) is 9.80 Å². The molecule has 1 saturated heterocycles. The van der Waals surface area contributed by atoms with Crippen molar-refractivity contribution in [2.75, 3.05) is 37.6 Å². The van der Waals surface area contributed by atoms with Crippen LogP contribution in [0.4, 0.5) is 10.1 Å². The predicted molar refractivity (Wildman–Crippen MR) is 106 cm³/mol. The van der Waals surface area contributed by atoms with E-state index >= 15 is 0 Å². The summed E-state index contributed by atoms with van der Waals surface area (Å²) in [5.41, 5.74) is 2.73. The zero-order chi connectivity index (χ0) is 19.7. The van der Waals surface area contributed by atoms with Gasteiger partial charge in [-0.05, 0) is 49.2 Å². The van der Waals surface area contributed by atoms with Crippen LogP contribution < -0.4 is 4.90 Å². The molecule has 0 spiro atoms. The van der Waals surface area contributed by atoms with Gasteiger partial charge in [0.25, 0.3) is 5.91 Å². The summed E-state index contributed by atoms with van der Waals surface area (Å²) in [6.07, 6.45) is 0.897. The maximum absolute atomic E-state index is 13.1. The van der Waals surface area contributed by atoms with E-state index in [1.165, 1.54) is 29.8 Å². The average Bonchev–Trinajstić information content (AvgIpc) is 3.17. The van der Waals surface area contributed by atoms with Crippen LogP contribution in [-0.4, -0.2) is 60.4 Å². The number of piperazine rings is 1. The number of hydrogen-bond donors (Lipinski definition) is 0. The van der Waals surface area contributed by atoms with Gasteiger partial charge in [0.15, 0.2) is 0 Å². The lowest BCUT2D eigenvalue weighted by Gasteiger charge is -2.38. The summed E-state index contributed by atoms with van der Waals surface area (Å²) in [7, 11) is 0. The summed E-state index contributed by atoms with van der Waals surface area (Å²) in [6, 6.07) is 13.5. The van der Waals surface area contributed by atoms with Gasteiger partial charge in [0, 0.05) is 44.0 Å². The minimum atomic E-state index is -0.350. The number of rotatable bonds is 3. The Kier molecular flexibility index (Phi) is 5.13. The first-order chi connectivity index (χ1) is 13.5. The second-order valence-corrected chi connectivity index (χ2v) is 7.38. The van der Waals surface area contributed by atoms with Gasteiger partial charge in [-0.25, -0.2) is 4.39 Å². The zero-order valence-corrected chi connectivity index (χ0v) is 16.0. The molecule has 0 saturated carbocycles. The first kappa shape index (κ1) is 18.6. The molecule has 2 heterocycles. The fourth-order valence-corrected chi connectivity index (χ4v) is 4.04. The van der Waals surface area contributed by atoms with Gasteiger partial charge in [-0.3, -0.25) is 14.5 Å². The van der Waals surface area contributed by atoms with Crippen LogP contribution >= 0.6 is 0 Å². The van der Waals surface area contributed by atoms with Crippen LogP contribution in [0.1, 0.15) is 22.8 Å². The molecule has 2 aliphatic heterocycles. The molecule has 5 nitrogen and oxygen atoms in total. The van der Waals surface area contributed by atoms with Crippen molar-refractivity contribution in [1.29, 1.82) is 0 Å². The molecule has 0 N–H and O–H groups in total. The molecule has 0 aromatic heterocycles. The summed E-state index contributed by atoms with van der Waals surface area (Å²) >= 11 is 0. The number of amides is 2. The largest absolute Gasteiger partial charge is 0.336 e. The topological polar surface area (TPSA) is 43.9 Å². The number of nitrogens with zero attached hydrogens (tertiary/aromatic N) is 3. The number of benzene rings is 2. The van der Waals surface area contributed by atoms with E-state index in [0.717, 1.165) is 18.7 Å². The third-order valence-electron chi connectivity index (χ3n) is 5.75. The Balaban J connectivity index is 1.36. The van der Waals surface area contributed by atoms with E-state index in [1.807, 2.05) is 30.0 Å². The van der Waals surface area contributed by atoms with Crippen molar-refractivity contribution in [2.24, 2.45) is 0 Å². The highest BCUT2D eigenvalue weighted by molar-refractivity contribution is 5.98. The van der Waals surface area contributed by atoms with Crippen LogP contribution in [0.5, 0.6) is 0 Å². The van der Waals surface area contributed by atoms with E-state index in [1.54, 1.807) is 4.90 Å². The van der Waals surface area contributed by atoms with Crippen LogP contribution in [0.3, 0.4) is 0 Å². The maximum atomic E-state index is 13.1. The number of carbonyl (C=O) groups excluding carboxylic acids is 2. The fourth-order valence-electron chi connectivity index (χ4n) is 4.04. The predicted octanol–water partition coefficient (Wildman–Crippen LogP) is 2.56. The molecule has 1 atom stereocenters. The van der Waals surface area contributed by atoms with Crippen LogP contribution in [0.25, 0.3) is 0 Å². The normalized spacial score (nSPS) is 18.1. The van der Waals surface area contributed by atoms with E-state index < -0.39 is 0 Å². The summed E-state index contributed by atoms with van der Waals surface area (Å²) in [5.74, 6) is -0.326. The Hall–Kier alpha value is -2.73. The average molecular weight is 381 g/mol. The third-order valence-corrected chi connectivity index (χ3v) is 5.75. The van der Waals surface area contributed by atoms with E-state index in [2.05, 4.69) is 11.0 Å². The number of fused-ring (bicyclic) bond motifs is 1. The Labute approximate surface area is 164 Å². The SMILES string of the molecule is CC(C(=O)N1CCc2ccccc21)N1CCN(C(=O)c2ccc(F)cc2)CC1. The number of hydrogen-bond acceptors (Lipinski definition) is 3. The molecule has 2 aromatic rings. The van der Waals surface area contributed by atoms with Crippen LogP contribution in [-0.2, 0) is 11.2 Å². The molecular weight excluding hydrogens is 357 g/mol. The standard InChI is InChI=1S/C22H24FN3O2/c1-16(21(27)26-11-10-17-4-2-3-5-20(17)26)24-12-14-25(15-13-24)22(28)18-6-8-19(23)9-7-18/h2-9,16H,10-15H2,1H3. The van der Waals surface area contributed by atoms with Crippen LogP contribution in [0.2, 0.25) is 0 Å². The summed E-state index contributed by atoms with van der Waals surface area (Å²) in [4.78, 5) is 31.4. The van der Waals surface area contributed by atoms with E-state index in [4.69, 9.17) is 0 Å². The Bertz CT molecular complexity index is 876. The highest BCUT2D eigenvalue weighted by Crippen LogP contribution is 2.28. The highest BCUT2D eigenvalue weighted by atomic mass is 19.1. The van der Waals surface area contributed by atoms with Gasteiger partial charge in [-0.15, -0.1) is 0 Å². The fraction of sp³-hybridized carbons (Fsp3) is 0.364. The van der Waals surface area contributed by atoms with Crippen molar-refractivity contribution in [3.63, 3.8) is 0 Å². The van der Waals surface area contributed by atoms with Gasteiger partial charge in [-0.2, -0.15) is 0 Å². The summed E-state index contributed by atoms with van der Waals surface area (Å²) in [6.45, 7) is 5.09. The van der Waals surface area contributed by atoms with Crippen molar-refractivity contribution < 1.29 is 14.0 Å².